The molecular formula is C50H64F2N8O3. The van der Waals surface area contributed by atoms with Crippen molar-refractivity contribution in [2.75, 3.05) is 42.6 Å². The minimum Gasteiger partial charge on any atom is -0.489 e. The zero-order valence-electron chi connectivity index (χ0n) is 37.7. The highest BCUT2D eigenvalue weighted by atomic mass is 19.3. The molecule has 6 aliphatic rings. The second-order valence-electron chi connectivity index (χ2n) is 19.4. The predicted molar refractivity (Wildman–Crippen MR) is 244 cm³/mol. The van der Waals surface area contributed by atoms with E-state index in [1.807, 2.05) is 41.2 Å². The fourth-order valence-electron chi connectivity index (χ4n) is 11.4. The second kappa shape index (κ2) is 17.2. The van der Waals surface area contributed by atoms with Crippen LogP contribution in [-0.2, 0) is 22.6 Å². The number of para-hydroxylation sites is 1. The monoisotopic (exact) mass is 863 g/mol. The SMILES string of the molecule is C=C1c2cc3c(cc2CN1C1CCC(=O)NC1=O)N(CCC)[C@@](C)(CC)CO3.CCC1CCC2(CC1)CN(c1ncc([C@@H]3c4[nH]c5ccccc5c4C[C@@H](C)N3CC(F)F)cn1)C2. The Morgan fingerprint density at radius 1 is 1.03 bits per heavy atom. The molecule has 5 aliphatic heterocycles. The maximum Gasteiger partial charge on any atom is 0.251 e. The zero-order valence-corrected chi connectivity index (χ0v) is 37.7. The van der Waals surface area contributed by atoms with Crippen molar-refractivity contribution in [3.05, 3.63) is 83.3 Å². The predicted octanol–water partition coefficient (Wildman–Crippen LogP) is 9.02. The minimum absolute atomic E-state index is 0.00567. The van der Waals surface area contributed by atoms with Gasteiger partial charge < -0.3 is 24.4 Å². The molecule has 2 saturated heterocycles. The highest BCUT2D eigenvalue weighted by Gasteiger charge is 2.46. The number of aromatic nitrogens is 3. The first-order chi connectivity index (χ1) is 30.3. The molecule has 2 N–H and O–H groups in total. The van der Waals surface area contributed by atoms with Crippen molar-refractivity contribution in [2.45, 2.75) is 135 Å². The Kier molecular flexibility index (Phi) is 11.8. The lowest BCUT2D eigenvalue weighted by Crippen LogP contribution is -2.58. The van der Waals surface area contributed by atoms with E-state index in [2.05, 4.69) is 78.6 Å². The average Bonchev–Trinajstić information content (AvgIpc) is 3.79. The van der Waals surface area contributed by atoms with E-state index in [1.165, 1.54) is 48.6 Å². The number of anilines is 2. The molecule has 4 aromatic rings. The number of nitrogens with zero attached hydrogens (tertiary/aromatic N) is 6. The van der Waals surface area contributed by atoms with Crippen LogP contribution in [0.25, 0.3) is 16.6 Å². The van der Waals surface area contributed by atoms with Crippen LogP contribution in [0.1, 0.15) is 126 Å². The lowest BCUT2D eigenvalue weighted by molar-refractivity contribution is -0.136. The fourth-order valence-corrected chi connectivity index (χ4v) is 11.4. The molecule has 2 aromatic heterocycles. The van der Waals surface area contributed by atoms with E-state index in [0.717, 1.165) is 90.2 Å². The van der Waals surface area contributed by atoms with Gasteiger partial charge in [-0.05, 0) is 100 Å². The van der Waals surface area contributed by atoms with Crippen molar-refractivity contribution >= 4 is 40.1 Å². The number of imide groups is 1. The number of halogens is 2. The van der Waals surface area contributed by atoms with Gasteiger partial charge in [-0.25, -0.2) is 18.7 Å². The van der Waals surface area contributed by atoms with Crippen LogP contribution in [-0.4, -0.2) is 93.4 Å². The molecule has 1 saturated carbocycles. The Morgan fingerprint density at radius 2 is 1.78 bits per heavy atom. The molecular weight excluding hydrogens is 799 g/mol. The van der Waals surface area contributed by atoms with Crippen molar-refractivity contribution in [3.63, 3.8) is 0 Å². The zero-order chi connectivity index (χ0) is 44.2. The molecule has 336 valence electrons. The maximum atomic E-state index is 13.6. The first kappa shape index (κ1) is 43.2. The number of carbonyl (C=O) groups excluding carboxylic acids is 2. The van der Waals surface area contributed by atoms with Crippen LogP contribution in [0.2, 0.25) is 0 Å². The first-order valence-corrected chi connectivity index (χ1v) is 23.4. The van der Waals surface area contributed by atoms with Gasteiger partial charge in [0, 0.05) is 89.9 Å². The summed E-state index contributed by atoms with van der Waals surface area (Å²) in [6.45, 7) is 19.3. The van der Waals surface area contributed by atoms with E-state index in [9.17, 15) is 18.4 Å². The summed E-state index contributed by atoms with van der Waals surface area (Å²) in [6, 6.07) is 11.8. The van der Waals surface area contributed by atoms with E-state index in [0.29, 0.717) is 31.4 Å². The average molecular weight is 863 g/mol. The molecule has 2 aromatic carbocycles. The number of H-pyrrole nitrogens is 1. The largest absolute Gasteiger partial charge is 0.489 e. The van der Waals surface area contributed by atoms with Crippen molar-refractivity contribution in [1.29, 1.82) is 0 Å². The van der Waals surface area contributed by atoms with Crippen molar-refractivity contribution < 1.29 is 23.1 Å². The standard InChI is InChI=1S/C28H35F2N5.C22H29N3O3/c1-3-19-8-10-28(11-9-19)16-34(17-28)27-31-13-20(14-32-27)26-25-22(12-18(2)35(26)15-24(29)30)21-6-4-5-7-23(21)33-25;1-5-9-25-18-10-15-12-24(17-7-8-20(26)23-21(17)27)14(3)16(15)11-19(18)28-13-22(25,4)6-2/h4-7,13-14,18-19,24,26,33H,3,8-12,15-17H2,1-2H3;10-11,17H,3,5-9,12-13H2,1-2,4H3,(H,23,26,27)/t18-,26-;17?,22-/m10/s1. The third-order valence-corrected chi connectivity index (χ3v) is 15.4. The Labute approximate surface area is 370 Å². The molecule has 1 spiro atoms. The second-order valence-corrected chi connectivity index (χ2v) is 19.4. The number of fused-ring (bicyclic) bond motifs is 5. The summed E-state index contributed by atoms with van der Waals surface area (Å²) in [5.41, 5.74) is 8.74. The number of alkyl halides is 2. The molecule has 4 atom stereocenters. The molecule has 2 amide bonds. The molecule has 0 bridgehead atoms. The summed E-state index contributed by atoms with van der Waals surface area (Å²) in [5.74, 6) is 2.13. The quantitative estimate of drug-likeness (QED) is 0.160. The number of aromatic amines is 1. The van der Waals surface area contributed by atoms with Crippen molar-refractivity contribution in [2.24, 2.45) is 11.3 Å². The van der Waals surface area contributed by atoms with Gasteiger partial charge in [0.25, 0.3) is 6.43 Å². The van der Waals surface area contributed by atoms with Crippen LogP contribution >= 0.6 is 0 Å². The van der Waals surface area contributed by atoms with Crippen LogP contribution in [0, 0.1) is 11.3 Å². The van der Waals surface area contributed by atoms with Gasteiger partial charge in [-0.1, -0.05) is 52.0 Å². The molecule has 63 heavy (non-hydrogen) atoms. The number of hydrogen-bond donors (Lipinski definition) is 2. The molecule has 10 rings (SSSR count). The Hall–Kier alpha value is -5.04. The number of benzene rings is 2. The van der Waals surface area contributed by atoms with Gasteiger partial charge in [-0.2, -0.15) is 0 Å². The number of rotatable bonds is 9. The summed E-state index contributed by atoms with van der Waals surface area (Å²) in [4.78, 5) is 45.6. The van der Waals surface area contributed by atoms with Crippen LogP contribution in [0.15, 0.2) is 55.4 Å². The van der Waals surface area contributed by atoms with Crippen LogP contribution in [0.3, 0.4) is 0 Å². The molecule has 11 nitrogen and oxygen atoms in total. The molecule has 3 fully saturated rings. The molecule has 1 aliphatic carbocycles. The molecule has 1 unspecified atom stereocenters. The molecule has 13 heteroatoms. The number of piperidine rings is 1. The normalized spacial score (nSPS) is 25.6. The Morgan fingerprint density at radius 3 is 2.46 bits per heavy atom. The van der Waals surface area contributed by atoms with Crippen molar-refractivity contribution in [1.82, 2.24) is 30.1 Å². The molecule has 7 heterocycles. The van der Waals surface area contributed by atoms with Gasteiger partial charge in [0.2, 0.25) is 17.8 Å². The van der Waals surface area contributed by atoms with Gasteiger partial charge in [0.05, 0.1) is 23.8 Å². The number of hydrogen-bond acceptors (Lipinski definition) is 9. The number of amides is 2. The Bertz CT molecular complexity index is 2350. The number of nitrogens with one attached hydrogen (secondary N) is 2. The van der Waals surface area contributed by atoms with Gasteiger partial charge in [-0.15, -0.1) is 0 Å². The van der Waals surface area contributed by atoms with Crippen LogP contribution in [0.4, 0.5) is 20.4 Å². The van der Waals surface area contributed by atoms with Crippen molar-refractivity contribution in [3.8, 4) is 5.75 Å². The maximum absolute atomic E-state index is 13.6. The van der Waals surface area contributed by atoms with E-state index in [-0.39, 0.29) is 42.0 Å². The van der Waals surface area contributed by atoms with E-state index in [1.54, 1.807) is 0 Å². The summed E-state index contributed by atoms with van der Waals surface area (Å²) in [6.07, 6.45) is 11.7. The van der Waals surface area contributed by atoms with Gasteiger partial charge in [0.1, 0.15) is 18.4 Å². The van der Waals surface area contributed by atoms with E-state index < -0.39 is 6.43 Å². The van der Waals surface area contributed by atoms with Gasteiger partial charge >= 0.3 is 0 Å². The lowest BCUT2D eigenvalue weighted by atomic mass is 9.65. The van der Waals surface area contributed by atoms with E-state index >= 15 is 0 Å². The third kappa shape index (κ3) is 7.97. The minimum atomic E-state index is -2.40. The first-order valence-electron chi connectivity index (χ1n) is 23.4. The summed E-state index contributed by atoms with van der Waals surface area (Å²) in [7, 11) is 0. The summed E-state index contributed by atoms with van der Waals surface area (Å²) < 4.78 is 33.4. The fraction of sp³-hybridized carbons (Fsp3) is 0.560. The van der Waals surface area contributed by atoms with Crippen LogP contribution < -0.4 is 19.9 Å². The van der Waals surface area contributed by atoms with Gasteiger partial charge in [0.15, 0.2) is 0 Å². The number of ether oxygens (including phenoxy) is 1. The smallest absolute Gasteiger partial charge is 0.251 e. The summed E-state index contributed by atoms with van der Waals surface area (Å²) >= 11 is 0. The lowest BCUT2D eigenvalue weighted by Gasteiger charge is -2.53. The highest BCUT2D eigenvalue weighted by Crippen LogP contribution is 2.48. The third-order valence-electron chi connectivity index (χ3n) is 15.4. The topological polar surface area (TPSA) is 110 Å². The summed E-state index contributed by atoms with van der Waals surface area (Å²) in [5, 5.41) is 3.64. The van der Waals surface area contributed by atoms with E-state index in [4.69, 9.17) is 14.7 Å². The Balaban J connectivity index is 0.000000164. The van der Waals surface area contributed by atoms with Crippen LogP contribution in [0.5, 0.6) is 5.75 Å². The van der Waals surface area contributed by atoms with Gasteiger partial charge in [-0.3, -0.25) is 19.8 Å². The molecule has 0 radical (unpaired) electrons. The number of carbonyl (C=O) groups is 2. The highest BCUT2D eigenvalue weighted by molar-refractivity contribution is 6.01.